The second-order valence-corrected chi connectivity index (χ2v) is 5.63. The number of phenols is 1. The van der Waals surface area contributed by atoms with Crippen molar-refractivity contribution in [2.45, 2.75) is 19.9 Å². The monoisotopic (exact) mass is 324 g/mol. The van der Waals surface area contributed by atoms with Gasteiger partial charge in [0.2, 0.25) is 5.91 Å². The summed E-state index contributed by atoms with van der Waals surface area (Å²) in [6.45, 7) is 4.10. The van der Waals surface area contributed by atoms with Crippen LogP contribution in [0.5, 0.6) is 5.75 Å². The predicted molar refractivity (Wildman–Crippen MR) is 79.5 cm³/mol. The van der Waals surface area contributed by atoms with E-state index in [4.69, 9.17) is 34.8 Å². The molecule has 1 aromatic rings. The summed E-state index contributed by atoms with van der Waals surface area (Å²) in [5, 5.41) is 12.6. The van der Waals surface area contributed by atoms with E-state index in [0.717, 1.165) is 0 Å². The third-order valence-corrected chi connectivity index (χ3v) is 3.76. The minimum atomic E-state index is -0.313. The Hall–Kier alpha value is -0.680. The van der Waals surface area contributed by atoms with E-state index in [1.807, 2.05) is 25.8 Å². The van der Waals surface area contributed by atoms with Crippen LogP contribution in [-0.4, -0.2) is 35.5 Å². The molecule has 1 rings (SSSR count). The van der Waals surface area contributed by atoms with Gasteiger partial charge < -0.3 is 10.4 Å². The average Bonchev–Trinajstić information content (AvgIpc) is 2.32. The summed E-state index contributed by atoms with van der Waals surface area (Å²) in [5.74, 6) is -0.608. The maximum Gasteiger partial charge on any atom is 0.238 e. The van der Waals surface area contributed by atoms with Crippen molar-refractivity contribution < 1.29 is 9.90 Å². The van der Waals surface area contributed by atoms with Crippen LogP contribution >= 0.6 is 34.8 Å². The molecule has 2 N–H and O–H groups in total. The van der Waals surface area contributed by atoms with Gasteiger partial charge in [0, 0.05) is 6.04 Å². The lowest BCUT2D eigenvalue weighted by molar-refractivity contribution is -0.117. The quantitative estimate of drug-likeness (QED) is 0.656. The van der Waals surface area contributed by atoms with Gasteiger partial charge in [-0.3, -0.25) is 9.69 Å². The van der Waals surface area contributed by atoms with Crippen molar-refractivity contribution in [3.8, 4) is 5.75 Å². The highest BCUT2D eigenvalue weighted by Gasteiger charge is 2.18. The van der Waals surface area contributed by atoms with Crippen molar-refractivity contribution >= 4 is 46.4 Å². The Balaban J connectivity index is 2.91. The number of halogens is 3. The molecular formula is C12H15Cl3N2O2. The Labute approximate surface area is 127 Å². The van der Waals surface area contributed by atoms with Crippen LogP contribution in [0.4, 0.5) is 5.69 Å². The van der Waals surface area contributed by atoms with Crippen molar-refractivity contribution in [3.05, 3.63) is 21.1 Å². The third-order valence-electron chi connectivity index (χ3n) is 2.68. The molecule has 0 saturated heterocycles. The highest BCUT2D eigenvalue weighted by atomic mass is 35.5. The van der Waals surface area contributed by atoms with Crippen LogP contribution in [0, 0.1) is 0 Å². The molecule has 0 aliphatic rings. The molecule has 0 unspecified atom stereocenters. The number of carbonyl (C=O) groups excluding carboxylic acids is 1. The number of hydrogen-bond acceptors (Lipinski definition) is 3. The number of carbonyl (C=O) groups is 1. The second kappa shape index (κ2) is 6.66. The highest BCUT2D eigenvalue weighted by molar-refractivity contribution is 6.46. The van der Waals surface area contributed by atoms with E-state index in [0.29, 0.717) is 0 Å². The SMILES string of the molecule is CC(C)N(C)CC(=O)Nc1c(O)c(Cl)cc(Cl)c1Cl. The molecule has 0 spiro atoms. The van der Waals surface area contributed by atoms with E-state index >= 15 is 0 Å². The van der Waals surface area contributed by atoms with Crippen LogP contribution in [0.3, 0.4) is 0 Å². The zero-order valence-corrected chi connectivity index (χ0v) is 13.1. The van der Waals surface area contributed by atoms with Crippen LogP contribution in [-0.2, 0) is 4.79 Å². The van der Waals surface area contributed by atoms with Crippen LogP contribution in [0.1, 0.15) is 13.8 Å². The Morgan fingerprint density at radius 2 is 1.95 bits per heavy atom. The summed E-state index contributed by atoms with van der Waals surface area (Å²) in [6.07, 6.45) is 0. The lowest BCUT2D eigenvalue weighted by Gasteiger charge is -2.20. The van der Waals surface area contributed by atoms with Crippen molar-refractivity contribution in [3.63, 3.8) is 0 Å². The van der Waals surface area contributed by atoms with E-state index in [-0.39, 0.29) is 45.0 Å². The number of hydrogen-bond donors (Lipinski definition) is 2. The topological polar surface area (TPSA) is 52.6 Å². The van der Waals surface area contributed by atoms with Crippen molar-refractivity contribution in [2.24, 2.45) is 0 Å². The smallest absolute Gasteiger partial charge is 0.238 e. The van der Waals surface area contributed by atoms with E-state index < -0.39 is 0 Å². The Kier molecular flexibility index (Phi) is 5.74. The average molecular weight is 326 g/mol. The van der Waals surface area contributed by atoms with Gasteiger partial charge in [-0.1, -0.05) is 34.8 Å². The van der Waals surface area contributed by atoms with Gasteiger partial charge in [-0.25, -0.2) is 0 Å². The summed E-state index contributed by atoms with van der Waals surface area (Å²) < 4.78 is 0. The number of aromatic hydroxyl groups is 1. The number of nitrogens with one attached hydrogen (secondary N) is 1. The molecule has 19 heavy (non-hydrogen) atoms. The van der Waals surface area contributed by atoms with Gasteiger partial charge in [-0.05, 0) is 27.0 Å². The Morgan fingerprint density at radius 1 is 1.37 bits per heavy atom. The number of amides is 1. The molecule has 0 fully saturated rings. The van der Waals surface area contributed by atoms with E-state index in [1.54, 1.807) is 0 Å². The molecule has 106 valence electrons. The molecule has 0 aromatic heterocycles. The first-order chi connectivity index (χ1) is 8.73. The fourth-order valence-electron chi connectivity index (χ4n) is 1.29. The second-order valence-electron chi connectivity index (χ2n) is 4.43. The molecule has 0 bridgehead atoms. The van der Waals surface area contributed by atoms with E-state index in [2.05, 4.69) is 5.32 Å². The lowest BCUT2D eigenvalue weighted by Crippen LogP contribution is -2.34. The van der Waals surface area contributed by atoms with Gasteiger partial charge in [-0.15, -0.1) is 0 Å². The standard InChI is InChI=1S/C12H15Cl3N2O2/c1-6(2)17(3)5-9(18)16-11-10(15)7(13)4-8(14)12(11)19/h4,6,19H,5H2,1-3H3,(H,16,18). The minimum absolute atomic E-state index is 0.0290. The number of phenolic OH excluding ortho intramolecular Hbond substituents is 1. The summed E-state index contributed by atoms with van der Waals surface area (Å²) in [7, 11) is 1.82. The minimum Gasteiger partial charge on any atom is -0.504 e. The number of anilines is 1. The Morgan fingerprint density at radius 3 is 2.47 bits per heavy atom. The number of nitrogens with zero attached hydrogens (tertiary/aromatic N) is 1. The molecule has 7 heteroatoms. The van der Waals surface area contributed by atoms with Gasteiger partial charge >= 0.3 is 0 Å². The van der Waals surface area contributed by atoms with Crippen molar-refractivity contribution in [2.75, 3.05) is 18.9 Å². The van der Waals surface area contributed by atoms with Crippen LogP contribution in [0.15, 0.2) is 6.07 Å². The molecular weight excluding hydrogens is 311 g/mol. The molecule has 1 amide bonds. The summed E-state index contributed by atoms with van der Waals surface area (Å²) in [5.41, 5.74) is 0.0290. The zero-order valence-electron chi connectivity index (χ0n) is 10.8. The van der Waals surface area contributed by atoms with Gasteiger partial charge in [0.1, 0.15) is 5.69 Å². The number of rotatable bonds is 4. The van der Waals surface area contributed by atoms with E-state index in [9.17, 15) is 9.90 Å². The lowest BCUT2D eigenvalue weighted by atomic mass is 10.2. The molecule has 0 aliphatic carbocycles. The molecule has 0 saturated carbocycles. The van der Waals surface area contributed by atoms with Gasteiger partial charge in [-0.2, -0.15) is 0 Å². The normalized spacial score (nSPS) is 11.2. The van der Waals surface area contributed by atoms with Crippen LogP contribution < -0.4 is 5.32 Å². The molecule has 0 atom stereocenters. The molecule has 4 nitrogen and oxygen atoms in total. The summed E-state index contributed by atoms with van der Waals surface area (Å²) >= 11 is 17.6. The first-order valence-corrected chi connectivity index (χ1v) is 6.74. The fraction of sp³-hybridized carbons (Fsp3) is 0.417. The van der Waals surface area contributed by atoms with E-state index in [1.165, 1.54) is 6.07 Å². The third kappa shape index (κ3) is 4.14. The molecule has 0 aliphatic heterocycles. The maximum atomic E-state index is 11.8. The fourth-order valence-corrected chi connectivity index (χ4v) is 1.94. The zero-order chi connectivity index (χ0) is 14.7. The van der Waals surface area contributed by atoms with Gasteiger partial charge in [0.15, 0.2) is 5.75 Å². The van der Waals surface area contributed by atoms with Crippen molar-refractivity contribution in [1.29, 1.82) is 0 Å². The first kappa shape index (κ1) is 16.4. The molecule has 0 radical (unpaired) electrons. The van der Waals surface area contributed by atoms with Crippen LogP contribution in [0.25, 0.3) is 0 Å². The summed E-state index contributed by atoms with van der Waals surface area (Å²) in [6, 6.07) is 1.54. The number of benzene rings is 1. The highest BCUT2D eigenvalue weighted by Crippen LogP contribution is 2.42. The summed E-state index contributed by atoms with van der Waals surface area (Å²) in [4.78, 5) is 13.7. The maximum absolute atomic E-state index is 11.8. The number of likely N-dealkylation sites (N-methyl/N-ethyl adjacent to an activating group) is 1. The molecule has 0 heterocycles. The van der Waals surface area contributed by atoms with Crippen molar-refractivity contribution in [1.82, 2.24) is 4.90 Å². The van der Waals surface area contributed by atoms with Crippen LogP contribution in [0.2, 0.25) is 15.1 Å². The first-order valence-electron chi connectivity index (χ1n) is 5.60. The Bertz CT molecular complexity index is 466. The molecule has 1 aromatic carbocycles. The predicted octanol–water partition coefficient (Wildman–Crippen LogP) is 3.63. The van der Waals surface area contributed by atoms with Gasteiger partial charge in [0.05, 0.1) is 21.6 Å². The van der Waals surface area contributed by atoms with Gasteiger partial charge in [0.25, 0.3) is 0 Å². The largest absolute Gasteiger partial charge is 0.504 e.